The minimum absolute atomic E-state index is 0.206. The molecule has 0 aliphatic rings. The number of nitrogens with zero attached hydrogens (tertiary/aromatic N) is 6. The molecule has 9 heteroatoms. The minimum atomic E-state index is -0.206. The number of imidazole rings is 1. The third kappa shape index (κ3) is 4.25. The van der Waals surface area contributed by atoms with Gasteiger partial charge in [0.25, 0.3) is 0 Å². The lowest BCUT2D eigenvalue weighted by Crippen LogP contribution is -2.19. The van der Waals surface area contributed by atoms with Gasteiger partial charge in [-0.15, -0.1) is 10.2 Å². The predicted octanol–water partition coefficient (Wildman–Crippen LogP) is 3.96. The SMILES string of the molecule is CCCc1c(-c2ccccc2C#N)[nH]c(=O)n1Cc1ccc(-c2ccccc2-c2nn[nH]n2)nc1. The molecule has 0 aliphatic heterocycles. The van der Waals surface area contributed by atoms with Crippen LogP contribution in [0.1, 0.15) is 30.2 Å². The Bertz CT molecular complexity index is 1560. The summed E-state index contributed by atoms with van der Waals surface area (Å²) < 4.78 is 1.73. The quantitative estimate of drug-likeness (QED) is 0.377. The lowest BCUT2D eigenvalue weighted by atomic mass is 10.0. The van der Waals surface area contributed by atoms with Crippen molar-refractivity contribution in [1.29, 1.82) is 5.26 Å². The number of H-pyrrole nitrogens is 2. The molecule has 0 aliphatic carbocycles. The van der Waals surface area contributed by atoms with E-state index in [4.69, 9.17) is 0 Å². The summed E-state index contributed by atoms with van der Waals surface area (Å²) in [7, 11) is 0. The fourth-order valence-electron chi connectivity index (χ4n) is 4.23. The number of rotatable bonds is 7. The number of nitriles is 1. The fourth-order valence-corrected chi connectivity index (χ4v) is 4.23. The van der Waals surface area contributed by atoms with Crippen molar-refractivity contribution in [2.75, 3.05) is 0 Å². The molecule has 0 radical (unpaired) electrons. The van der Waals surface area contributed by atoms with Gasteiger partial charge in [-0.05, 0) is 29.3 Å². The summed E-state index contributed by atoms with van der Waals surface area (Å²) in [5.74, 6) is 0.500. The molecule has 2 N–H and O–H groups in total. The lowest BCUT2D eigenvalue weighted by molar-refractivity contribution is 0.698. The Morgan fingerprint density at radius 2 is 1.77 bits per heavy atom. The second kappa shape index (κ2) is 9.57. The van der Waals surface area contributed by atoms with Crippen molar-refractivity contribution in [2.45, 2.75) is 26.3 Å². The first-order chi connectivity index (χ1) is 17.2. The average Bonchev–Trinajstić information content (AvgIpc) is 3.54. The molecule has 5 rings (SSSR count). The van der Waals surface area contributed by atoms with Crippen LogP contribution in [0.2, 0.25) is 0 Å². The molecule has 0 fully saturated rings. The summed E-state index contributed by atoms with van der Waals surface area (Å²) in [5, 5.41) is 23.8. The van der Waals surface area contributed by atoms with Crippen molar-refractivity contribution in [1.82, 2.24) is 35.2 Å². The number of nitrogens with one attached hydrogen (secondary N) is 2. The van der Waals surface area contributed by atoms with E-state index in [-0.39, 0.29) is 5.69 Å². The van der Waals surface area contributed by atoms with Crippen LogP contribution in [-0.2, 0) is 13.0 Å². The monoisotopic (exact) mass is 462 g/mol. The summed E-state index contributed by atoms with van der Waals surface area (Å²) in [6.45, 7) is 2.44. The molecular weight excluding hydrogens is 440 g/mol. The van der Waals surface area contributed by atoms with Crippen molar-refractivity contribution < 1.29 is 0 Å². The second-order valence-electron chi connectivity index (χ2n) is 8.08. The van der Waals surface area contributed by atoms with Crippen LogP contribution < -0.4 is 5.69 Å². The van der Waals surface area contributed by atoms with Crippen molar-refractivity contribution in [3.63, 3.8) is 0 Å². The van der Waals surface area contributed by atoms with Crippen LogP contribution in [0, 0.1) is 11.3 Å². The van der Waals surface area contributed by atoms with Gasteiger partial charge in [-0.3, -0.25) is 9.55 Å². The zero-order chi connectivity index (χ0) is 24.2. The molecule has 0 saturated carbocycles. The van der Waals surface area contributed by atoms with Gasteiger partial charge in [-0.1, -0.05) is 61.9 Å². The molecule has 172 valence electrons. The van der Waals surface area contributed by atoms with Gasteiger partial charge in [0.15, 0.2) is 0 Å². The van der Waals surface area contributed by atoms with Crippen LogP contribution in [0.15, 0.2) is 71.7 Å². The van der Waals surface area contributed by atoms with Crippen molar-refractivity contribution in [3.8, 4) is 40.0 Å². The van der Waals surface area contributed by atoms with E-state index in [1.54, 1.807) is 16.8 Å². The molecule has 3 heterocycles. The maximum Gasteiger partial charge on any atom is 0.326 e. The van der Waals surface area contributed by atoms with E-state index in [1.807, 2.05) is 54.6 Å². The fraction of sp³-hybridized carbons (Fsp3) is 0.154. The zero-order valence-corrected chi connectivity index (χ0v) is 19.1. The zero-order valence-electron chi connectivity index (χ0n) is 19.1. The Kier molecular flexibility index (Phi) is 6.01. The molecule has 0 unspecified atom stereocenters. The molecule has 9 nitrogen and oxygen atoms in total. The average molecular weight is 463 g/mol. The van der Waals surface area contributed by atoms with E-state index < -0.39 is 0 Å². The number of pyridine rings is 1. The van der Waals surface area contributed by atoms with E-state index in [0.717, 1.165) is 40.1 Å². The maximum absolute atomic E-state index is 13.0. The highest BCUT2D eigenvalue weighted by molar-refractivity contribution is 5.78. The van der Waals surface area contributed by atoms with Gasteiger partial charge < -0.3 is 4.98 Å². The number of aromatic nitrogens is 7. The lowest BCUT2D eigenvalue weighted by Gasteiger charge is -2.11. The molecule has 0 saturated heterocycles. The number of tetrazole rings is 1. The van der Waals surface area contributed by atoms with Gasteiger partial charge in [0.2, 0.25) is 5.82 Å². The van der Waals surface area contributed by atoms with E-state index in [0.29, 0.717) is 30.0 Å². The highest BCUT2D eigenvalue weighted by Gasteiger charge is 2.18. The Hall–Kier alpha value is -4.84. The maximum atomic E-state index is 13.0. The predicted molar refractivity (Wildman–Crippen MR) is 131 cm³/mol. The highest BCUT2D eigenvalue weighted by Crippen LogP contribution is 2.29. The summed E-state index contributed by atoms with van der Waals surface area (Å²) >= 11 is 0. The third-order valence-corrected chi connectivity index (χ3v) is 5.85. The first kappa shape index (κ1) is 22.0. The summed E-state index contributed by atoms with van der Waals surface area (Å²) in [6.07, 6.45) is 3.35. The largest absolute Gasteiger partial charge is 0.326 e. The van der Waals surface area contributed by atoms with Gasteiger partial charge in [-0.25, -0.2) is 4.79 Å². The number of hydrogen-bond acceptors (Lipinski definition) is 6. The van der Waals surface area contributed by atoms with Crippen LogP contribution in [0.4, 0.5) is 0 Å². The van der Waals surface area contributed by atoms with Crippen LogP contribution in [0.5, 0.6) is 0 Å². The van der Waals surface area contributed by atoms with E-state index in [9.17, 15) is 10.1 Å². The molecule has 0 atom stereocenters. The second-order valence-corrected chi connectivity index (χ2v) is 8.08. The van der Waals surface area contributed by atoms with Gasteiger partial charge in [0.1, 0.15) is 0 Å². The van der Waals surface area contributed by atoms with Gasteiger partial charge in [-0.2, -0.15) is 10.5 Å². The van der Waals surface area contributed by atoms with Crippen LogP contribution in [0.25, 0.3) is 33.9 Å². The van der Waals surface area contributed by atoms with Crippen LogP contribution in [0.3, 0.4) is 0 Å². The smallest absolute Gasteiger partial charge is 0.305 e. The minimum Gasteiger partial charge on any atom is -0.305 e. The van der Waals surface area contributed by atoms with Gasteiger partial charge in [0.05, 0.1) is 29.6 Å². The Labute approximate surface area is 201 Å². The summed E-state index contributed by atoms with van der Waals surface area (Å²) in [4.78, 5) is 20.6. The first-order valence-electron chi connectivity index (χ1n) is 11.3. The van der Waals surface area contributed by atoms with Crippen molar-refractivity contribution in [3.05, 3.63) is 94.2 Å². The summed E-state index contributed by atoms with van der Waals surface area (Å²) in [6, 6.07) is 21.2. The molecule has 35 heavy (non-hydrogen) atoms. The van der Waals surface area contributed by atoms with Gasteiger partial charge in [0, 0.05) is 28.6 Å². The van der Waals surface area contributed by atoms with Crippen LogP contribution in [-0.4, -0.2) is 35.2 Å². The molecule has 3 aromatic heterocycles. The van der Waals surface area contributed by atoms with Crippen LogP contribution >= 0.6 is 0 Å². The molecule has 0 spiro atoms. The molecule has 0 amide bonds. The number of hydrogen-bond donors (Lipinski definition) is 2. The van der Waals surface area contributed by atoms with E-state index >= 15 is 0 Å². The van der Waals surface area contributed by atoms with E-state index in [1.165, 1.54) is 0 Å². The van der Waals surface area contributed by atoms with Crippen molar-refractivity contribution in [2.24, 2.45) is 0 Å². The summed E-state index contributed by atoms with van der Waals surface area (Å²) in [5.41, 5.74) is 6.03. The van der Waals surface area contributed by atoms with Crippen molar-refractivity contribution >= 4 is 0 Å². The number of aromatic amines is 2. The molecule has 0 bridgehead atoms. The molecule has 5 aromatic rings. The Balaban J connectivity index is 1.49. The molecule has 2 aromatic carbocycles. The Morgan fingerprint density at radius 3 is 2.46 bits per heavy atom. The highest BCUT2D eigenvalue weighted by atomic mass is 16.1. The first-order valence-corrected chi connectivity index (χ1v) is 11.3. The third-order valence-electron chi connectivity index (χ3n) is 5.85. The molecular formula is C26H22N8O. The standard InChI is InChI=1S/C26H22N8O/c1-2-7-23-24(19-9-4-3-8-18(19)14-27)29-26(35)34(23)16-17-12-13-22(28-15-17)20-10-5-6-11-21(20)25-30-32-33-31-25/h3-6,8-13,15H,2,7,16H2,1H3,(H,29,35)(H,30,31,32,33). The van der Waals surface area contributed by atoms with E-state index in [2.05, 4.69) is 43.6 Å². The Morgan fingerprint density at radius 1 is 1.00 bits per heavy atom. The van der Waals surface area contributed by atoms with Gasteiger partial charge >= 0.3 is 5.69 Å². The normalized spacial score (nSPS) is 10.9. The topological polar surface area (TPSA) is 129 Å². The number of benzene rings is 2.